The highest BCUT2D eigenvalue weighted by atomic mass is 32.2. The number of aliphatic hydroxyl groups is 1. The fourth-order valence-electron chi connectivity index (χ4n) is 1.42. The molecular formula is C10H14N2O9S. The van der Waals surface area contributed by atoms with E-state index in [-0.39, 0.29) is 31.2 Å². The zero-order valence-corrected chi connectivity index (χ0v) is 12.1. The van der Waals surface area contributed by atoms with Crippen molar-refractivity contribution in [2.75, 3.05) is 19.8 Å². The Hall–Kier alpha value is -2.05. The van der Waals surface area contributed by atoms with Gasteiger partial charge in [0.25, 0.3) is 21.9 Å². The summed E-state index contributed by atoms with van der Waals surface area (Å²) in [5.41, 5.74) is 0. The van der Waals surface area contributed by atoms with Crippen LogP contribution in [-0.2, 0) is 34.1 Å². The van der Waals surface area contributed by atoms with Gasteiger partial charge in [-0.25, -0.2) is 4.79 Å². The number of hydroxylamine groups is 2. The minimum absolute atomic E-state index is 0.0145. The topological polar surface area (TPSA) is 160 Å². The van der Waals surface area contributed by atoms with E-state index < -0.39 is 39.6 Å². The van der Waals surface area contributed by atoms with E-state index in [9.17, 15) is 22.8 Å². The summed E-state index contributed by atoms with van der Waals surface area (Å²) in [6.45, 7) is -0.181. The van der Waals surface area contributed by atoms with Gasteiger partial charge in [-0.2, -0.15) is 8.42 Å². The average Bonchev–Trinajstić information content (AvgIpc) is 2.70. The number of carbonyl (C=O) groups excluding carboxylic acids is 3. The Morgan fingerprint density at radius 1 is 1.45 bits per heavy atom. The predicted octanol–water partition coefficient (Wildman–Crippen LogP) is -2.11. The van der Waals surface area contributed by atoms with E-state index in [2.05, 4.69) is 9.83 Å². The number of imide groups is 1. The van der Waals surface area contributed by atoms with E-state index in [4.69, 9.17) is 14.4 Å². The van der Waals surface area contributed by atoms with Gasteiger partial charge in [-0.3, -0.25) is 19.1 Å². The summed E-state index contributed by atoms with van der Waals surface area (Å²) in [4.78, 5) is 42.4. The Labute approximate surface area is 125 Å². The van der Waals surface area contributed by atoms with Crippen LogP contribution in [0.25, 0.3) is 0 Å². The molecule has 1 heterocycles. The molecule has 2 amide bonds. The molecule has 1 fully saturated rings. The first-order valence-corrected chi connectivity index (χ1v) is 7.52. The molecule has 0 bridgehead atoms. The van der Waals surface area contributed by atoms with Crippen molar-refractivity contribution in [2.45, 2.75) is 18.1 Å². The van der Waals surface area contributed by atoms with E-state index in [0.717, 1.165) is 6.40 Å². The van der Waals surface area contributed by atoms with Crippen molar-refractivity contribution in [1.29, 1.82) is 0 Å². The maximum Gasteiger partial charge on any atom is 0.336 e. The summed E-state index contributed by atoms with van der Waals surface area (Å²) in [7, 11) is -4.75. The Morgan fingerprint density at radius 2 is 2.14 bits per heavy atom. The summed E-state index contributed by atoms with van der Waals surface area (Å²) >= 11 is 0. The monoisotopic (exact) mass is 338 g/mol. The van der Waals surface area contributed by atoms with Crippen LogP contribution in [0.2, 0.25) is 0 Å². The number of aliphatic imine (C=N–C) groups is 1. The van der Waals surface area contributed by atoms with Crippen molar-refractivity contribution in [3.05, 3.63) is 0 Å². The summed E-state index contributed by atoms with van der Waals surface area (Å²) in [5.74, 6) is -3.38. The van der Waals surface area contributed by atoms with Crippen molar-refractivity contribution < 1.29 is 42.0 Å². The molecule has 2 N–H and O–H groups in total. The van der Waals surface area contributed by atoms with Crippen LogP contribution in [0, 0.1) is 0 Å². The highest BCUT2D eigenvalue weighted by molar-refractivity contribution is 7.87. The standard InChI is InChI=1S/C10H14N2O9S/c13-3-2-11-6-20-4-1-9(15)21-12-8(14)5-7(10(12)16)22(17,18)19/h6-7,13H,1-5H2,(H,17,18,19). The van der Waals surface area contributed by atoms with E-state index >= 15 is 0 Å². The fraction of sp³-hybridized carbons (Fsp3) is 0.600. The lowest BCUT2D eigenvalue weighted by atomic mass is 10.4. The van der Waals surface area contributed by atoms with Crippen LogP contribution in [0.1, 0.15) is 12.8 Å². The molecule has 0 saturated carbocycles. The Kier molecular flexibility index (Phi) is 6.39. The highest BCUT2D eigenvalue weighted by Gasteiger charge is 2.48. The summed E-state index contributed by atoms with van der Waals surface area (Å²) in [6, 6.07) is 0. The number of rotatable bonds is 8. The zero-order chi connectivity index (χ0) is 16.8. The molecule has 11 nitrogen and oxygen atoms in total. The molecule has 0 aromatic heterocycles. The van der Waals surface area contributed by atoms with Gasteiger partial charge < -0.3 is 14.7 Å². The van der Waals surface area contributed by atoms with Crippen molar-refractivity contribution in [3.63, 3.8) is 0 Å². The van der Waals surface area contributed by atoms with Crippen LogP contribution < -0.4 is 0 Å². The van der Waals surface area contributed by atoms with Gasteiger partial charge in [-0.1, -0.05) is 0 Å². The Morgan fingerprint density at radius 3 is 2.68 bits per heavy atom. The third-order valence-corrected chi connectivity index (χ3v) is 3.50. The van der Waals surface area contributed by atoms with Crippen molar-refractivity contribution in [1.82, 2.24) is 5.06 Å². The van der Waals surface area contributed by atoms with Gasteiger partial charge in [0.15, 0.2) is 11.7 Å². The molecule has 1 aliphatic rings. The molecule has 0 spiro atoms. The molecule has 0 aromatic rings. The Balaban J connectivity index is 2.45. The van der Waals surface area contributed by atoms with Crippen molar-refractivity contribution in [3.8, 4) is 0 Å². The second-order valence-corrected chi connectivity index (χ2v) is 5.65. The lowest BCUT2D eigenvalue weighted by Gasteiger charge is -2.12. The van der Waals surface area contributed by atoms with Crippen LogP contribution in [-0.4, -0.2) is 72.3 Å². The molecule has 1 atom stereocenters. The smallest absolute Gasteiger partial charge is 0.336 e. The molecule has 1 unspecified atom stereocenters. The van der Waals surface area contributed by atoms with Gasteiger partial charge in [0.2, 0.25) is 0 Å². The van der Waals surface area contributed by atoms with E-state index in [0.29, 0.717) is 0 Å². The molecular weight excluding hydrogens is 324 g/mol. The van der Waals surface area contributed by atoms with Crippen LogP contribution >= 0.6 is 0 Å². The maximum absolute atomic E-state index is 11.6. The molecule has 124 valence electrons. The quantitative estimate of drug-likeness (QED) is 0.166. The first-order valence-electron chi connectivity index (χ1n) is 6.02. The second kappa shape index (κ2) is 7.82. The fourth-order valence-corrected chi connectivity index (χ4v) is 2.12. The molecule has 12 heteroatoms. The zero-order valence-electron chi connectivity index (χ0n) is 11.2. The minimum Gasteiger partial charge on any atom is -0.483 e. The highest BCUT2D eigenvalue weighted by Crippen LogP contribution is 2.19. The van der Waals surface area contributed by atoms with Crippen LogP contribution in [0.5, 0.6) is 0 Å². The molecule has 22 heavy (non-hydrogen) atoms. The van der Waals surface area contributed by atoms with E-state index in [1.807, 2.05) is 0 Å². The van der Waals surface area contributed by atoms with Crippen molar-refractivity contribution in [2.24, 2.45) is 4.99 Å². The largest absolute Gasteiger partial charge is 0.483 e. The maximum atomic E-state index is 11.6. The summed E-state index contributed by atoms with van der Waals surface area (Å²) in [5, 5.41) is 6.48. The van der Waals surface area contributed by atoms with Gasteiger partial charge in [0, 0.05) is 0 Å². The van der Waals surface area contributed by atoms with Gasteiger partial charge in [-0.15, -0.1) is 5.06 Å². The number of hydrogen-bond donors (Lipinski definition) is 2. The number of carbonyl (C=O) groups is 3. The van der Waals surface area contributed by atoms with Crippen LogP contribution in [0.3, 0.4) is 0 Å². The van der Waals surface area contributed by atoms with Crippen LogP contribution in [0.4, 0.5) is 0 Å². The number of ether oxygens (including phenoxy) is 1. The van der Waals surface area contributed by atoms with Crippen LogP contribution in [0.15, 0.2) is 4.99 Å². The molecule has 0 aromatic carbocycles. The summed E-state index contributed by atoms with van der Waals surface area (Å²) in [6.07, 6.45) is -0.113. The first kappa shape index (κ1) is 18.0. The minimum atomic E-state index is -4.75. The van der Waals surface area contributed by atoms with E-state index in [1.165, 1.54) is 0 Å². The third-order valence-electron chi connectivity index (χ3n) is 2.42. The lowest BCUT2D eigenvalue weighted by molar-refractivity contribution is -0.197. The SMILES string of the molecule is O=C(CCOC=NCCO)ON1C(=O)CC(S(=O)(=O)O)C1=O. The number of amides is 2. The van der Waals surface area contributed by atoms with Crippen molar-refractivity contribution >= 4 is 34.3 Å². The molecule has 0 aliphatic carbocycles. The van der Waals surface area contributed by atoms with E-state index in [1.54, 1.807) is 0 Å². The number of hydrogen-bond acceptors (Lipinski definition) is 9. The molecule has 1 rings (SSSR count). The average molecular weight is 338 g/mol. The molecule has 1 aliphatic heterocycles. The molecule has 1 saturated heterocycles. The summed E-state index contributed by atoms with van der Waals surface area (Å²) < 4.78 is 35.3. The van der Waals surface area contributed by atoms with Gasteiger partial charge in [0.05, 0.1) is 32.6 Å². The normalized spacial score (nSPS) is 19.0. The second-order valence-electron chi connectivity index (χ2n) is 4.05. The van der Waals surface area contributed by atoms with Gasteiger partial charge >= 0.3 is 5.97 Å². The van der Waals surface area contributed by atoms with Gasteiger partial charge in [0.1, 0.15) is 0 Å². The Bertz CT molecular complexity index is 571. The first-order chi connectivity index (χ1) is 10.3. The number of aliphatic hydroxyl groups excluding tert-OH is 1. The lowest BCUT2D eigenvalue weighted by Crippen LogP contribution is -2.36. The predicted molar refractivity (Wildman–Crippen MR) is 68.9 cm³/mol. The number of nitrogens with zero attached hydrogens (tertiary/aromatic N) is 2. The third kappa shape index (κ3) is 5.05. The molecule has 0 radical (unpaired) electrons. The van der Waals surface area contributed by atoms with Gasteiger partial charge in [-0.05, 0) is 0 Å².